The fourth-order valence-corrected chi connectivity index (χ4v) is 3.64. The first-order valence-electron chi connectivity index (χ1n) is 7.87. The molecule has 0 aromatic heterocycles. The summed E-state index contributed by atoms with van der Waals surface area (Å²) in [5.74, 6) is -1.59. The zero-order chi connectivity index (χ0) is 16.7. The first-order chi connectivity index (χ1) is 11.6. The Morgan fingerprint density at radius 2 is 1.38 bits per heavy atom. The van der Waals surface area contributed by atoms with Crippen LogP contribution in [0, 0.1) is 0 Å². The van der Waals surface area contributed by atoms with E-state index in [0.29, 0.717) is 12.0 Å². The molecule has 0 bridgehead atoms. The predicted octanol–water partition coefficient (Wildman–Crippen LogP) is 5.95. The first-order valence-corrected chi connectivity index (χ1v) is 7.87. The van der Waals surface area contributed by atoms with Gasteiger partial charge in [-0.25, -0.2) is 0 Å². The van der Waals surface area contributed by atoms with E-state index >= 15 is 0 Å². The van der Waals surface area contributed by atoms with E-state index in [1.807, 2.05) is 30.3 Å². The van der Waals surface area contributed by atoms with Gasteiger partial charge in [0, 0.05) is 0 Å². The van der Waals surface area contributed by atoms with E-state index in [9.17, 15) is 13.2 Å². The maximum atomic E-state index is 13.9. The molecule has 0 saturated heterocycles. The van der Waals surface area contributed by atoms with Gasteiger partial charge in [-0.1, -0.05) is 72.8 Å². The highest BCUT2D eigenvalue weighted by Crippen LogP contribution is 2.46. The van der Waals surface area contributed by atoms with Crippen LogP contribution in [0.4, 0.5) is 13.2 Å². The Kier molecular flexibility index (Phi) is 3.45. The molecule has 1 atom stereocenters. The van der Waals surface area contributed by atoms with Gasteiger partial charge < -0.3 is 0 Å². The standard InChI is InChI=1S/C21H15F3/c22-21(23,24)20(14-7-2-1-3-8-14)18-12-6-11-17-16-10-5-4-9-15(16)13-19(17)18/h1-12,20H,13H2. The molecule has 0 radical (unpaired) electrons. The minimum Gasteiger partial charge on any atom is -0.170 e. The topological polar surface area (TPSA) is 0 Å². The van der Waals surface area contributed by atoms with Gasteiger partial charge in [-0.15, -0.1) is 0 Å². The molecular weight excluding hydrogens is 309 g/mol. The molecule has 4 rings (SSSR count). The summed E-state index contributed by atoms with van der Waals surface area (Å²) in [5, 5.41) is 0. The number of rotatable bonds is 2. The molecule has 3 aromatic carbocycles. The van der Waals surface area contributed by atoms with Gasteiger partial charge in [0.05, 0.1) is 0 Å². The van der Waals surface area contributed by atoms with E-state index in [-0.39, 0.29) is 5.56 Å². The van der Waals surface area contributed by atoms with Gasteiger partial charge in [0.2, 0.25) is 0 Å². The molecule has 1 aliphatic carbocycles. The second-order valence-corrected chi connectivity index (χ2v) is 6.09. The zero-order valence-corrected chi connectivity index (χ0v) is 12.8. The summed E-state index contributed by atoms with van der Waals surface area (Å²) in [6, 6.07) is 21.3. The van der Waals surface area contributed by atoms with Crippen LogP contribution >= 0.6 is 0 Å². The molecule has 24 heavy (non-hydrogen) atoms. The van der Waals surface area contributed by atoms with Crippen molar-refractivity contribution in [3.63, 3.8) is 0 Å². The number of hydrogen-bond acceptors (Lipinski definition) is 0. The highest BCUT2D eigenvalue weighted by Gasteiger charge is 2.43. The SMILES string of the molecule is FC(F)(F)C(c1ccccc1)c1cccc2c1Cc1ccccc1-2. The van der Waals surface area contributed by atoms with Crippen LogP contribution < -0.4 is 0 Å². The highest BCUT2D eigenvalue weighted by atomic mass is 19.4. The van der Waals surface area contributed by atoms with Gasteiger partial charge in [-0.05, 0) is 39.8 Å². The zero-order valence-electron chi connectivity index (χ0n) is 12.8. The van der Waals surface area contributed by atoms with Gasteiger partial charge >= 0.3 is 6.18 Å². The normalized spacial score (nSPS) is 14.1. The lowest BCUT2D eigenvalue weighted by Crippen LogP contribution is -2.23. The molecule has 0 N–H and O–H groups in total. The maximum Gasteiger partial charge on any atom is 0.399 e. The fourth-order valence-electron chi connectivity index (χ4n) is 3.64. The monoisotopic (exact) mass is 324 g/mol. The molecule has 1 aliphatic rings. The molecular formula is C21H15F3. The summed E-state index contributed by atoms with van der Waals surface area (Å²) in [7, 11) is 0. The highest BCUT2D eigenvalue weighted by molar-refractivity contribution is 5.78. The number of alkyl halides is 3. The van der Waals surface area contributed by atoms with Crippen molar-refractivity contribution in [1.29, 1.82) is 0 Å². The van der Waals surface area contributed by atoms with Gasteiger partial charge in [0.15, 0.2) is 0 Å². The van der Waals surface area contributed by atoms with Crippen molar-refractivity contribution < 1.29 is 13.2 Å². The lowest BCUT2D eigenvalue weighted by molar-refractivity contribution is -0.141. The summed E-state index contributed by atoms with van der Waals surface area (Å²) >= 11 is 0. The second kappa shape index (κ2) is 5.52. The molecule has 3 heteroatoms. The molecule has 0 fully saturated rings. The molecule has 0 spiro atoms. The lowest BCUT2D eigenvalue weighted by Gasteiger charge is -2.23. The molecule has 0 nitrogen and oxygen atoms in total. The average molecular weight is 324 g/mol. The quantitative estimate of drug-likeness (QED) is 0.427. The van der Waals surface area contributed by atoms with E-state index < -0.39 is 12.1 Å². The molecule has 0 amide bonds. The van der Waals surface area contributed by atoms with Gasteiger partial charge in [0.25, 0.3) is 0 Å². The van der Waals surface area contributed by atoms with Crippen LogP contribution in [0.2, 0.25) is 0 Å². The van der Waals surface area contributed by atoms with Crippen molar-refractivity contribution in [3.8, 4) is 11.1 Å². The Bertz CT molecular complexity index is 879. The Hall–Kier alpha value is -2.55. The molecule has 120 valence electrons. The number of hydrogen-bond donors (Lipinski definition) is 0. The van der Waals surface area contributed by atoms with Gasteiger partial charge in [-0.2, -0.15) is 13.2 Å². The molecule has 0 saturated carbocycles. The van der Waals surface area contributed by atoms with Crippen LogP contribution in [0.3, 0.4) is 0 Å². The Labute approximate surface area is 138 Å². The van der Waals surface area contributed by atoms with Crippen molar-refractivity contribution in [2.24, 2.45) is 0 Å². The number of fused-ring (bicyclic) bond motifs is 3. The van der Waals surface area contributed by atoms with Gasteiger partial charge in [-0.3, -0.25) is 0 Å². The molecule has 0 aliphatic heterocycles. The Balaban J connectivity index is 1.91. The van der Waals surface area contributed by atoms with Crippen molar-refractivity contribution in [2.75, 3.05) is 0 Å². The summed E-state index contributed by atoms with van der Waals surface area (Å²) in [4.78, 5) is 0. The molecule has 1 unspecified atom stereocenters. The van der Waals surface area contributed by atoms with Crippen molar-refractivity contribution in [3.05, 3.63) is 95.1 Å². The van der Waals surface area contributed by atoms with Crippen LogP contribution in [0.1, 0.15) is 28.2 Å². The second-order valence-electron chi connectivity index (χ2n) is 6.09. The number of halogens is 3. The number of benzene rings is 3. The van der Waals surface area contributed by atoms with E-state index in [1.165, 1.54) is 0 Å². The summed E-state index contributed by atoms with van der Waals surface area (Å²) in [6.45, 7) is 0. The van der Waals surface area contributed by atoms with Crippen molar-refractivity contribution in [1.82, 2.24) is 0 Å². The van der Waals surface area contributed by atoms with E-state index in [4.69, 9.17) is 0 Å². The minimum atomic E-state index is -4.33. The van der Waals surface area contributed by atoms with Crippen LogP contribution in [-0.4, -0.2) is 6.18 Å². The first kappa shape index (κ1) is 15.0. The third-order valence-electron chi connectivity index (χ3n) is 4.66. The van der Waals surface area contributed by atoms with Crippen LogP contribution in [0.25, 0.3) is 11.1 Å². The lowest BCUT2D eigenvalue weighted by atomic mass is 9.86. The summed E-state index contributed by atoms with van der Waals surface area (Å²) < 4.78 is 41.7. The summed E-state index contributed by atoms with van der Waals surface area (Å²) in [5.41, 5.74) is 4.51. The van der Waals surface area contributed by atoms with Gasteiger partial charge in [0.1, 0.15) is 5.92 Å². The third kappa shape index (κ3) is 2.41. The van der Waals surface area contributed by atoms with E-state index in [1.54, 1.807) is 42.5 Å². The van der Waals surface area contributed by atoms with Crippen LogP contribution in [0.5, 0.6) is 0 Å². The van der Waals surface area contributed by atoms with E-state index in [0.717, 1.165) is 22.3 Å². The average Bonchev–Trinajstić information content (AvgIpc) is 2.94. The summed E-state index contributed by atoms with van der Waals surface area (Å²) in [6.07, 6.45) is -3.77. The van der Waals surface area contributed by atoms with Crippen molar-refractivity contribution in [2.45, 2.75) is 18.5 Å². The predicted molar refractivity (Wildman–Crippen MR) is 89.0 cm³/mol. The van der Waals surface area contributed by atoms with Crippen molar-refractivity contribution >= 4 is 0 Å². The molecule has 3 aromatic rings. The fraction of sp³-hybridized carbons (Fsp3) is 0.143. The molecule has 0 heterocycles. The van der Waals surface area contributed by atoms with Crippen LogP contribution in [0.15, 0.2) is 72.8 Å². The third-order valence-corrected chi connectivity index (χ3v) is 4.66. The van der Waals surface area contributed by atoms with E-state index in [2.05, 4.69) is 0 Å². The largest absolute Gasteiger partial charge is 0.399 e. The smallest absolute Gasteiger partial charge is 0.170 e. The maximum absolute atomic E-state index is 13.9. The Morgan fingerprint density at radius 3 is 2.12 bits per heavy atom. The minimum absolute atomic E-state index is 0.286. The van der Waals surface area contributed by atoms with Crippen LogP contribution in [-0.2, 0) is 6.42 Å². The Morgan fingerprint density at radius 1 is 0.708 bits per heavy atom.